The largest absolute Gasteiger partial charge is 0.493 e. The molecule has 23 heavy (non-hydrogen) atoms. The molecule has 3 nitrogen and oxygen atoms in total. The SMILES string of the molecule is COc1cc2c(cc1OC)C(c1ccc(Br)cc1)CNC(C)C2. The molecular formula is C19H22BrNO2. The number of hydrogen-bond donors (Lipinski definition) is 1. The molecule has 0 saturated carbocycles. The summed E-state index contributed by atoms with van der Waals surface area (Å²) in [6, 6.07) is 13.3. The van der Waals surface area contributed by atoms with Crippen molar-refractivity contribution in [3.8, 4) is 11.5 Å². The van der Waals surface area contributed by atoms with Crippen LogP contribution in [0.2, 0.25) is 0 Å². The van der Waals surface area contributed by atoms with E-state index in [0.29, 0.717) is 12.0 Å². The van der Waals surface area contributed by atoms with Crippen molar-refractivity contribution in [2.75, 3.05) is 20.8 Å². The molecular weight excluding hydrogens is 354 g/mol. The zero-order valence-corrected chi connectivity index (χ0v) is 15.3. The number of methoxy groups -OCH3 is 2. The first kappa shape index (κ1) is 16.3. The van der Waals surface area contributed by atoms with Crippen molar-refractivity contribution >= 4 is 15.9 Å². The molecule has 0 spiro atoms. The maximum Gasteiger partial charge on any atom is 0.161 e. The van der Waals surface area contributed by atoms with E-state index in [1.54, 1.807) is 14.2 Å². The van der Waals surface area contributed by atoms with Crippen LogP contribution in [0.1, 0.15) is 29.5 Å². The van der Waals surface area contributed by atoms with Gasteiger partial charge in [-0.05, 0) is 54.3 Å². The highest BCUT2D eigenvalue weighted by Crippen LogP contribution is 2.38. The predicted molar refractivity (Wildman–Crippen MR) is 96.7 cm³/mol. The van der Waals surface area contributed by atoms with E-state index in [1.165, 1.54) is 16.7 Å². The first-order chi connectivity index (χ1) is 11.1. The molecule has 0 fully saturated rings. The van der Waals surface area contributed by atoms with Crippen LogP contribution in [0.4, 0.5) is 0 Å². The van der Waals surface area contributed by atoms with E-state index in [9.17, 15) is 0 Å². The number of fused-ring (bicyclic) bond motifs is 1. The lowest BCUT2D eigenvalue weighted by atomic mass is 9.87. The topological polar surface area (TPSA) is 30.5 Å². The summed E-state index contributed by atoms with van der Waals surface area (Å²) < 4.78 is 12.1. The van der Waals surface area contributed by atoms with Crippen molar-refractivity contribution in [1.82, 2.24) is 5.32 Å². The highest BCUT2D eigenvalue weighted by Gasteiger charge is 2.25. The minimum absolute atomic E-state index is 0.308. The molecule has 2 unspecified atom stereocenters. The number of benzene rings is 2. The van der Waals surface area contributed by atoms with Crippen LogP contribution < -0.4 is 14.8 Å². The lowest BCUT2D eigenvalue weighted by Gasteiger charge is -2.20. The summed E-state index contributed by atoms with van der Waals surface area (Å²) in [5.41, 5.74) is 3.96. The molecule has 0 amide bonds. The first-order valence-corrected chi connectivity index (χ1v) is 8.65. The Morgan fingerprint density at radius 3 is 2.35 bits per heavy atom. The zero-order chi connectivity index (χ0) is 16.4. The second kappa shape index (κ2) is 6.93. The number of ether oxygens (including phenoxy) is 2. The first-order valence-electron chi connectivity index (χ1n) is 7.86. The molecule has 1 aliphatic heterocycles. The quantitative estimate of drug-likeness (QED) is 0.874. The van der Waals surface area contributed by atoms with Crippen LogP contribution in [0.25, 0.3) is 0 Å². The zero-order valence-electron chi connectivity index (χ0n) is 13.7. The van der Waals surface area contributed by atoms with E-state index in [0.717, 1.165) is 28.9 Å². The van der Waals surface area contributed by atoms with Crippen LogP contribution in [-0.4, -0.2) is 26.8 Å². The lowest BCUT2D eigenvalue weighted by molar-refractivity contribution is 0.354. The molecule has 4 heteroatoms. The van der Waals surface area contributed by atoms with Gasteiger partial charge in [0.15, 0.2) is 11.5 Å². The Hall–Kier alpha value is -1.52. The van der Waals surface area contributed by atoms with Gasteiger partial charge in [0.1, 0.15) is 0 Å². The molecule has 0 aliphatic carbocycles. The molecule has 0 bridgehead atoms. The fourth-order valence-electron chi connectivity index (χ4n) is 3.26. The third kappa shape index (κ3) is 3.38. The molecule has 0 radical (unpaired) electrons. The van der Waals surface area contributed by atoms with E-state index < -0.39 is 0 Å². The van der Waals surface area contributed by atoms with Gasteiger partial charge >= 0.3 is 0 Å². The van der Waals surface area contributed by atoms with Gasteiger partial charge in [-0.15, -0.1) is 0 Å². The van der Waals surface area contributed by atoms with Gasteiger partial charge in [0.2, 0.25) is 0 Å². The second-order valence-electron chi connectivity index (χ2n) is 6.02. The van der Waals surface area contributed by atoms with Crippen LogP contribution in [-0.2, 0) is 6.42 Å². The van der Waals surface area contributed by atoms with E-state index >= 15 is 0 Å². The number of halogens is 1. The van der Waals surface area contributed by atoms with E-state index in [1.807, 2.05) is 0 Å². The van der Waals surface area contributed by atoms with Gasteiger partial charge in [-0.3, -0.25) is 0 Å². The summed E-state index contributed by atoms with van der Waals surface area (Å²) in [6.07, 6.45) is 0.989. The Labute approximate surface area is 146 Å². The Balaban J connectivity index is 2.11. The van der Waals surface area contributed by atoms with Gasteiger partial charge in [0.05, 0.1) is 14.2 Å². The second-order valence-corrected chi connectivity index (χ2v) is 6.94. The van der Waals surface area contributed by atoms with Crippen molar-refractivity contribution in [3.05, 3.63) is 57.6 Å². The summed E-state index contributed by atoms with van der Waals surface area (Å²) in [6.45, 7) is 3.15. The van der Waals surface area contributed by atoms with Crippen LogP contribution >= 0.6 is 15.9 Å². The van der Waals surface area contributed by atoms with Gasteiger partial charge in [-0.1, -0.05) is 28.1 Å². The fraction of sp³-hybridized carbons (Fsp3) is 0.368. The minimum Gasteiger partial charge on any atom is -0.493 e. The minimum atomic E-state index is 0.308. The van der Waals surface area contributed by atoms with Gasteiger partial charge in [-0.2, -0.15) is 0 Å². The van der Waals surface area contributed by atoms with Crippen LogP contribution in [0.3, 0.4) is 0 Å². The van der Waals surface area contributed by atoms with Crippen molar-refractivity contribution in [1.29, 1.82) is 0 Å². The monoisotopic (exact) mass is 375 g/mol. The van der Waals surface area contributed by atoms with Crippen molar-refractivity contribution < 1.29 is 9.47 Å². The molecule has 2 aromatic carbocycles. The number of nitrogens with one attached hydrogen (secondary N) is 1. The maximum absolute atomic E-state index is 5.52. The number of rotatable bonds is 3. The van der Waals surface area contributed by atoms with Gasteiger partial charge < -0.3 is 14.8 Å². The molecule has 3 rings (SSSR count). The molecule has 0 saturated heterocycles. The third-order valence-electron chi connectivity index (χ3n) is 4.49. The van der Waals surface area contributed by atoms with Crippen molar-refractivity contribution in [3.63, 3.8) is 0 Å². The summed E-state index contributed by atoms with van der Waals surface area (Å²) in [4.78, 5) is 0. The normalized spacial score (nSPS) is 20.5. The van der Waals surface area contributed by atoms with Crippen LogP contribution in [0.5, 0.6) is 11.5 Å². The lowest BCUT2D eigenvalue weighted by Crippen LogP contribution is -2.29. The average Bonchev–Trinajstić information content (AvgIpc) is 2.72. The summed E-state index contributed by atoms with van der Waals surface area (Å²) in [5, 5.41) is 3.64. The molecule has 122 valence electrons. The summed E-state index contributed by atoms with van der Waals surface area (Å²) >= 11 is 3.52. The highest BCUT2D eigenvalue weighted by molar-refractivity contribution is 9.10. The van der Waals surface area contributed by atoms with E-state index in [-0.39, 0.29) is 0 Å². The standard InChI is InChI=1S/C19H22BrNO2/c1-12-8-14-9-18(22-2)19(23-3)10-16(14)17(11-21-12)13-4-6-15(20)7-5-13/h4-7,9-10,12,17,21H,8,11H2,1-3H3. The van der Waals surface area contributed by atoms with E-state index in [4.69, 9.17) is 9.47 Å². The van der Waals surface area contributed by atoms with Crippen molar-refractivity contribution in [2.45, 2.75) is 25.3 Å². The van der Waals surface area contributed by atoms with Gasteiger partial charge in [0.25, 0.3) is 0 Å². The fourth-order valence-corrected chi connectivity index (χ4v) is 3.53. The predicted octanol–water partition coefficient (Wildman–Crippen LogP) is 4.13. The van der Waals surface area contributed by atoms with Gasteiger partial charge in [0, 0.05) is 23.0 Å². The Bertz CT molecular complexity index is 685. The molecule has 1 N–H and O–H groups in total. The van der Waals surface area contributed by atoms with Gasteiger partial charge in [-0.25, -0.2) is 0 Å². The molecule has 1 heterocycles. The maximum atomic E-state index is 5.52. The molecule has 2 atom stereocenters. The molecule has 2 aromatic rings. The Kier molecular flexibility index (Phi) is 4.93. The van der Waals surface area contributed by atoms with Crippen LogP contribution in [0, 0.1) is 0 Å². The van der Waals surface area contributed by atoms with Crippen LogP contribution in [0.15, 0.2) is 40.9 Å². The average molecular weight is 376 g/mol. The smallest absolute Gasteiger partial charge is 0.161 e. The summed E-state index contributed by atoms with van der Waals surface area (Å²) in [7, 11) is 3.38. The molecule has 1 aliphatic rings. The third-order valence-corrected chi connectivity index (χ3v) is 5.02. The highest BCUT2D eigenvalue weighted by atomic mass is 79.9. The van der Waals surface area contributed by atoms with E-state index in [2.05, 4.69) is 64.6 Å². The summed E-state index contributed by atoms with van der Waals surface area (Å²) in [5.74, 6) is 1.90. The molecule has 0 aromatic heterocycles. The number of hydrogen-bond acceptors (Lipinski definition) is 3. The Morgan fingerprint density at radius 1 is 1.04 bits per heavy atom. The Morgan fingerprint density at radius 2 is 1.70 bits per heavy atom. The van der Waals surface area contributed by atoms with Crippen molar-refractivity contribution in [2.24, 2.45) is 0 Å².